The zero-order valence-electron chi connectivity index (χ0n) is 12.9. The van der Waals surface area contributed by atoms with Crippen LogP contribution in [0.4, 0.5) is 5.69 Å². The Labute approximate surface area is 144 Å². The standard InChI is InChI=1S/C15H23N3O2.2ClH/c1-11-12(7-5-9-16-11)18-15(19)10-17-13-6-3-4-8-14(13)20-2;;/h3-4,6,8,11-12,16-17H,5,7,9-10H2,1-2H3,(H,18,19);2*1H. The maximum absolute atomic E-state index is 12.0. The highest BCUT2D eigenvalue weighted by atomic mass is 35.5. The van der Waals surface area contributed by atoms with E-state index in [-0.39, 0.29) is 43.3 Å². The molecule has 7 heteroatoms. The second-order valence-corrected chi connectivity index (χ2v) is 5.11. The van der Waals surface area contributed by atoms with Gasteiger partial charge >= 0.3 is 0 Å². The molecule has 1 saturated heterocycles. The zero-order valence-corrected chi connectivity index (χ0v) is 14.6. The molecule has 1 fully saturated rings. The van der Waals surface area contributed by atoms with Crippen molar-refractivity contribution in [3.63, 3.8) is 0 Å². The molecule has 2 unspecified atom stereocenters. The lowest BCUT2D eigenvalue weighted by atomic mass is 10.00. The molecule has 1 aromatic carbocycles. The summed E-state index contributed by atoms with van der Waals surface area (Å²) in [5.41, 5.74) is 0.833. The van der Waals surface area contributed by atoms with Crippen molar-refractivity contribution in [3.8, 4) is 5.75 Å². The Morgan fingerprint density at radius 2 is 2.09 bits per heavy atom. The number of benzene rings is 1. The molecule has 1 aliphatic rings. The summed E-state index contributed by atoms with van der Waals surface area (Å²) in [6.07, 6.45) is 2.14. The SMILES string of the molecule is COc1ccccc1NCC(=O)NC1CCCNC1C.Cl.Cl. The molecule has 1 aromatic rings. The molecule has 0 aliphatic carbocycles. The molecule has 0 saturated carbocycles. The fraction of sp³-hybridized carbons (Fsp3) is 0.533. The Morgan fingerprint density at radius 1 is 1.36 bits per heavy atom. The van der Waals surface area contributed by atoms with Crippen molar-refractivity contribution in [2.45, 2.75) is 31.8 Å². The van der Waals surface area contributed by atoms with Gasteiger partial charge in [-0.1, -0.05) is 12.1 Å². The highest BCUT2D eigenvalue weighted by molar-refractivity contribution is 5.85. The van der Waals surface area contributed by atoms with E-state index in [4.69, 9.17) is 4.74 Å². The molecule has 126 valence electrons. The molecule has 0 aromatic heterocycles. The number of carbonyl (C=O) groups excluding carboxylic acids is 1. The number of methoxy groups -OCH3 is 1. The normalized spacial score (nSPS) is 20.1. The molecule has 5 nitrogen and oxygen atoms in total. The molecule has 22 heavy (non-hydrogen) atoms. The van der Waals surface area contributed by atoms with Gasteiger partial charge in [-0.15, -0.1) is 24.8 Å². The van der Waals surface area contributed by atoms with Gasteiger partial charge < -0.3 is 20.7 Å². The minimum absolute atomic E-state index is 0. The molecule has 2 atom stereocenters. The van der Waals surface area contributed by atoms with Gasteiger partial charge in [-0.25, -0.2) is 0 Å². The molecule has 2 rings (SSSR count). The van der Waals surface area contributed by atoms with Crippen molar-refractivity contribution in [1.29, 1.82) is 0 Å². The minimum Gasteiger partial charge on any atom is -0.495 e. The number of ether oxygens (including phenoxy) is 1. The molecule has 0 spiro atoms. The fourth-order valence-corrected chi connectivity index (χ4v) is 2.47. The quantitative estimate of drug-likeness (QED) is 0.762. The van der Waals surface area contributed by atoms with Gasteiger partial charge in [0.15, 0.2) is 0 Å². The molecule has 1 aliphatic heterocycles. The van der Waals surface area contributed by atoms with E-state index in [0.29, 0.717) is 6.04 Å². The van der Waals surface area contributed by atoms with Crippen LogP contribution < -0.4 is 20.7 Å². The van der Waals surface area contributed by atoms with E-state index in [1.54, 1.807) is 7.11 Å². The number of para-hydroxylation sites is 2. The summed E-state index contributed by atoms with van der Waals surface area (Å²) in [6, 6.07) is 8.13. The number of piperidine rings is 1. The topological polar surface area (TPSA) is 62.4 Å². The molecule has 0 bridgehead atoms. The van der Waals surface area contributed by atoms with E-state index in [2.05, 4.69) is 22.9 Å². The lowest BCUT2D eigenvalue weighted by Crippen LogP contribution is -2.52. The summed E-state index contributed by atoms with van der Waals surface area (Å²) in [5.74, 6) is 0.754. The van der Waals surface area contributed by atoms with Gasteiger partial charge in [-0.05, 0) is 38.4 Å². The van der Waals surface area contributed by atoms with E-state index >= 15 is 0 Å². The lowest BCUT2D eigenvalue weighted by molar-refractivity contribution is -0.120. The Balaban J connectivity index is 0.00000220. The number of rotatable bonds is 5. The van der Waals surface area contributed by atoms with E-state index in [0.717, 1.165) is 30.8 Å². The summed E-state index contributed by atoms with van der Waals surface area (Å²) < 4.78 is 5.24. The number of halogens is 2. The van der Waals surface area contributed by atoms with Gasteiger partial charge in [0.25, 0.3) is 0 Å². The van der Waals surface area contributed by atoms with Crippen LogP contribution in [0.3, 0.4) is 0 Å². The monoisotopic (exact) mass is 349 g/mol. The van der Waals surface area contributed by atoms with Gasteiger partial charge in [0.1, 0.15) is 5.75 Å². The third kappa shape index (κ3) is 5.91. The van der Waals surface area contributed by atoms with Crippen molar-refractivity contribution in [2.75, 3.05) is 25.5 Å². The average Bonchev–Trinajstić information content (AvgIpc) is 2.48. The molecule has 0 radical (unpaired) electrons. The number of nitrogens with one attached hydrogen (secondary N) is 3. The predicted octanol–water partition coefficient (Wildman–Crippen LogP) is 2.21. The summed E-state index contributed by atoms with van der Waals surface area (Å²) in [7, 11) is 1.62. The second-order valence-electron chi connectivity index (χ2n) is 5.11. The van der Waals surface area contributed by atoms with Crippen molar-refractivity contribution >= 4 is 36.4 Å². The second kappa shape index (κ2) is 10.5. The molecular weight excluding hydrogens is 325 g/mol. The first-order valence-electron chi connectivity index (χ1n) is 7.10. The van der Waals surface area contributed by atoms with Gasteiger partial charge in [-0.2, -0.15) is 0 Å². The predicted molar refractivity (Wildman–Crippen MR) is 94.6 cm³/mol. The Bertz CT molecular complexity index is 460. The number of anilines is 1. The lowest BCUT2D eigenvalue weighted by Gasteiger charge is -2.30. The Morgan fingerprint density at radius 3 is 2.77 bits per heavy atom. The van der Waals surface area contributed by atoms with Crippen LogP contribution in [0.25, 0.3) is 0 Å². The zero-order chi connectivity index (χ0) is 14.4. The van der Waals surface area contributed by atoms with E-state index in [9.17, 15) is 4.79 Å². The average molecular weight is 350 g/mol. The summed E-state index contributed by atoms with van der Waals surface area (Å²) in [6.45, 7) is 3.40. The minimum atomic E-state index is 0. The van der Waals surface area contributed by atoms with Crippen LogP contribution in [0.1, 0.15) is 19.8 Å². The molecular formula is C15H25Cl2N3O2. The highest BCUT2D eigenvalue weighted by Gasteiger charge is 2.22. The van der Waals surface area contributed by atoms with Crippen molar-refractivity contribution in [1.82, 2.24) is 10.6 Å². The number of hydrogen-bond donors (Lipinski definition) is 3. The van der Waals surface area contributed by atoms with Crippen LogP contribution >= 0.6 is 24.8 Å². The number of amides is 1. The third-order valence-electron chi connectivity index (χ3n) is 3.65. The van der Waals surface area contributed by atoms with Gasteiger partial charge in [0.05, 0.1) is 19.3 Å². The summed E-state index contributed by atoms with van der Waals surface area (Å²) >= 11 is 0. The van der Waals surface area contributed by atoms with E-state index in [1.165, 1.54) is 0 Å². The van der Waals surface area contributed by atoms with Crippen molar-refractivity contribution in [2.24, 2.45) is 0 Å². The smallest absolute Gasteiger partial charge is 0.239 e. The van der Waals surface area contributed by atoms with Crippen molar-refractivity contribution < 1.29 is 9.53 Å². The maximum Gasteiger partial charge on any atom is 0.239 e. The molecule has 1 heterocycles. The third-order valence-corrected chi connectivity index (χ3v) is 3.65. The van der Waals surface area contributed by atoms with Gasteiger partial charge in [-0.3, -0.25) is 4.79 Å². The largest absolute Gasteiger partial charge is 0.495 e. The first-order chi connectivity index (χ1) is 9.70. The molecule has 3 N–H and O–H groups in total. The fourth-order valence-electron chi connectivity index (χ4n) is 2.47. The first-order valence-corrected chi connectivity index (χ1v) is 7.10. The van der Waals surface area contributed by atoms with Crippen LogP contribution in [-0.4, -0.2) is 38.2 Å². The Hall–Kier alpha value is -1.17. The van der Waals surface area contributed by atoms with E-state index in [1.807, 2.05) is 24.3 Å². The van der Waals surface area contributed by atoms with E-state index < -0.39 is 0 Å². The van der Waals surface area contributed by atoms with Crippen LogP contribution in [0.2, 0.25) is 0 Å². The maximum atomic E-state index is 12.0. The van der Waals surface area contributed by atoms with Crippen LogP contribution in [0, 0.1) is 0 Å². The number of hydrogen-bond acceptors (Lipinski definition) is 4. The molecule has 1 amide bonds. The Kier molecular flexibility index (Phi) is 9.98. The van der Waals surface area contributed by atoms with Crippen LogP contribution in [0.5, 0.6) is 5.75 Å². The van der Waals surface area contributed by atoms with Crippen molar-refractivity contribution in [3.05, 3.63) is 24.3 Å². The van der Waals surface area contributed by atoms with Gasteiger partial charge in [0, 0.05) is 12.1 Å². The highest BCUT2D eigenvalue weighted by Crippen LogP contribution is 2.22. The van der Waals surface area contributed by atoms with Gasteiger partial charge in [0.2, 0.25) is 5.91 Å². The first kappa shape index (κ1) is 20.8. The number of carbonyl (C=O) groups is 1. The van der Waals surface area contributed by atoms with Crippen LogP contribution in [-0.2, 0) is 4.79 Å². The summed E-state index contributed by atoms with van der Waals surface area (Å²) in [4.78, 5) is 12.0. The summed E-state index contributed by atoms with van der Waals surface area (Å²) in [5, 5.41) is 9.56. The van der Waals surface area contributed by atoms with Crippen LogP contribution in [0.15, 0.2) is 24.3 Å².